The van der Waals surface area contributed by atoms with E-state index >= 15 is 0 Å². The van der Waals surface area contributed by atoms with E-state index in [4.69, 9.17) is 4.98 Å². The second-order valence-corrected chi connectivity index (χ2v) is 9.03. The van der Waals surface area contributed by atoms with Crippen LogP contribution in [0.5, 0.6) is 0 Å². The molecule has 0 spiro atoms. The molecule has 3 aromatic rings. The number of piperidine rings is 1. The number of carbonyl (C=O) groups is 1. The third-order valence-electron chi connectivity index (χ3n) is 6.85. The molecule has 0 saturated carbocycles. The predicted molar refractivity (Wildman–Crippen MR) is 132 cm³/mol. The first-order valence-electron chi connectivity index (χ1n) is 12.1. The van der Waals surface area contributed by atoms with Gasteiger partial charge in [-0.3, -0.25) is 14.2 Å². The van der Waals surface area contributed by atoms with Crippen LogP contribution in [0.15, 0.2) is 53.3 Å². The number of nitrogens with zero attached hydrogens (tertiary/aromatic N) is 5. The minimum atomic E-state index is -0.250. The molecular formula is C26H30FN5O2. The number of fused-ring (bicyclic) bond motifs is 1. The number of benzene rings is 2. The third kappa shape index (κ3) is 4.62. The van der Waals surface area contributed by atoms with Crippen LogP contribution in [0.2, 0.25) is 0 Å². The number of piperazine rings is 1. The van der Waals surface area contributed by atoms with Gasteiger partial charge in [-0.25, -0.2) is 9.37 Å². The number of para-hydroxylation sites is 1. The van der Waals surface area contributed by atoms with E-state index in [1.54, 1.807) is 22.8 Å². The van der Waals surface area contributed by atoms with Gasteiger partial charge in [0.25, 0.3) is 5.56 Å². The Morgan fingerprint density at radius 2 is 1.56 bits per heavy atom. The summed E-state index contributed by atoms with van der Waals surface area (Å²) in [4.78, 5) is 37.4. The van der Waals surface area contributed by atoms with E-state index in [1.807, 2.05) is 23.1 Å². The summed E-state index contributed by atoms with van der Waals surface area (Å²) in [6, 6.07) is 13.9. The lowest BCUT2D eigenvalue weighted by atomic mass is 10.1. The molecule has 5 rings (SSSR count). The zero-order valence-electron chi connectivity index (χ0n) is 19.3. The van der Waals surface area contributed by atoms with E-state index in [-0.39, 0.29) is 23.7 Å². The molecule has 0 bridgehead atoms. The highest BCUT2D eigenvalue weighted by molar-refractivity contribution is 5.79. The molecule has 0 atom stereocenters. The predicted octanol–water partition coefficient (Wildman–Crippen LogP) is 3.26. The quantitative estimate of drug-likeness (QED) is 0.581. The van der Waals surface area contributed by atoms with Crippen LogP contribution in [-0.2, 0) is 11.3 Å². The summed E-state index contributed by atoms with van der Waals surface area (Å²) in [6.07, 6.45) is 3.62. The van der Waals surface area contributed by atoms with Crippen LogP contribution >= 0.6 is 0 Å². The second-order valence-electron chi connectivity index (χ2n) is 9.03. The van der Waals surface area contributed by atoms with Crippen LogP contribution in [0, 0.1) is 5.82 Å². The molecule has 2 aliphatic heterocycles. The summed E-state index contributed by atoms with van der Waals surface area (Å²) in [5.41, 5.74) is 1.58. The lowest BCUT2D eigenvalue weighted by Crippen LogP contribution is -2.49. The molecule has 34 heavy (non-hydrogen) atoms. The number of carbonyl (C=O) groups excluding carboxylic acids is 1. The van der Waals surface area contributed by atoms with E-state index in [1.165, 1.54) is 18.6 Å². The van der Waals surface area contributed by atoms with Crippen LogP contribution in [0.25, 0.3) is 10.9 Å². The van der Waals surface area contributed by atoms with E-state index < -0.39 is 0 Å². The first-order valence-corrected chi connectivity index (χ1v) is 12.1. The van der Waals surface area contributed by atoms with Crippen molar-refractivity contribution in [1.29, 1.82) is 0 Å². The number of rotatable bonds is 5. The van der Waals surface area contributed by atoms with Gasteiger partial charge in [-0.1, -0.05) is 12.1 Å². The maximum Gasteiger partial charge on any atom is 0.262 e. The van der Waals surface area contributed by atoms with Crippen molar-refractivity contribution in [3.8, 4) is 0 Å². The van der Waals surface area contributed by atoms with E-state index in [0.29, 0.717) is 49.6 Å². The number of hydrogen-bond donors (Lipinski definition) is 0. The van der Waals surface area contributed by atoms with Crippen molar-refractivity contribution in [3.05, 3.63) is 64.7 Å². The van der Waals surface area contributed by atoms with E-state index in [2.05, 4.69) is 9.80 Å². The fourth-order valence-corrected chi connectivity index (χ4v) is 4.92. The molecule has 0 N–H and O–H groups in total. The Kier molecular flexibility index (Phi) is 6.47. The molecule has 0 unspecified atom stereocenters. The lowest BCUT2D eigenvalue weighted by Gasteiger charge is -2.36. The van der Waals surface area contributed by atoms with Gasteiger partial charge in [-0.2, -0.15) is 0 Å². The molecule has 7 nitrogen and oxygen atoms in total. The van der Waals surface area contributed by atoms with Crippen LogP contribution < -0.4 is 15.4 Å². The number of halogens is 1. The summed E-state index contributed by atoms with van der Waals surface area (Å²) in [6.45, 7) is 4.70. The molecule has 0 radical (unpaired) electrons. The number of hydrogen-bond acceptors (Lipinski definition) is 5. The molecule has 8 heteroatoms. The Bertz CT molecular complexity index is 1210. The average molecular weight is 464 g/mol. The van der Waals surface area contributed by atoms with Crippen LogP contribution in [-0.4, -0.2) is 59.6 Å². The summed E-state index contributed by atoms with van der Waals surface area (Å²) in [5.74, 6) is 0.473. The Balaban J connectivity index is 1.29. The Labute approximate surface area is 198 Å². The van der Waals surface area contributed by atoms with E-state index in [0.717, 1.165) is 31.6 Å². The Hall–Kier alpha value is -3.42. The zero-order chi connectivity index (χ0) is 23.5. The van der Waals surface area contributed by atoms with Gasteiger partial charge in [0.05, 0.1) is 10.9 Å². The van der Waals surface area contributed by atoms with Crippen molar-refractivity contribution in [2.45, 2.75) is 32.2 Å². The fourth-order valence-electron chi connectivity index (χ4n) is 4.92. The smallest absolute Gasteiger partial charge is 0.262 e. The first kappa shape index (κ1) is 22.4. The van der Waals surface area contributed by atoms with Crippen molar-refractivity contribution in [2.24, 2.45) is 0 Å². The van der Waals surface area contributed by atoms with Crippen molar-refractivity contribution in [3.63, 3.8) is 0 Å². The van der Waals surface area contributed by atoms with Crippen LogP contribution in [0.4, 0.5) is 16.0 Å². The zero-order valence-corrected chi connectivity index (χ0v) is 19.3. The molecule has 1 aromatic heterocycles. The second kappa shape index (κ2) is 9.83. The minimum absolute atomic E-state index is 0.0448. The monoisotopic (exact) mass is 463 g/mol. The first-order chi connectivity index (χ1) is 16.6. The summed E-state index contributed by atoms with van der Waals surface area (Å²) >= 11 is 0. The Morgan fingerprint density at radius 1 is 0.853 bits per heavy atom. The van der Waals surface area contributed by atoms with Gasteiger partial charge in [-0.15, -0.1) is 0 Å². The summed E-state index contributed by atoms with van der Waals surface area (Å²) in [5, 5.41) is 0.587. The summed E-state index contributed by atoms with van der Waals surface area (Å²) in [7, 11) is 0. The SMILES string of the molecule is O=C(CCn1c(N2CCCCC2)nc2ccccc2c1=O)N1CCN(c2ccc(F)cc2)CC1. The van der Waals surface area contributed by atoms with Crippen molar-refractivity contribution in [2.75, 3.05) is 49.1 Å². The standard InChI is InChI=1S/C26H30FN5O2/c27-20-8-10-21(11-9-20)29-16-18-30(19-17-29)24(33)12-15-32-25(34)22-6-2-3-7-23(22)28-26(32)31-13-4-1-5-14-31/h2-3,6-11H,1,4-5,12-19H2. The van der Waals surface area contributed by atoms with E-state index in [9.17, 15) is 14.0 Å². The lowest BCUT2D eigenvalue weighted by molar-refractivity contribution is -0.131. The average Bonchev–Trinajstić information content (AvgIpc) is 2.89. The van der Waals surface area contributed by atoms with Gasteiger partial charge in [-0.05, 0) is 55.7 Å². The molecule has 2 saturated heterocycles. The van der Waals surface area contributed by atoms with Gasteiger partial charge >= 0.3 is 0 Å². The molecule has 1 amide bonds. The largest absolute Gasteiger partial charge is 0.368 e. The van der Waals surface area contributed by atoms with Crippen LogP contribution in [0.1, 0.15) is 25.7 Å². The van der Waals surface area contributed by atoms with Gasteiger partial charge < -0.3 is 14.7 Å². The molecule has 3 heterocycles. The highest BCUT2D eigenvalue weighted by Gasteiger charge is 2.23. The number of anilines is 2. The molecule has 2 aliphatic rings. The Morgan fingerprint density at radius 3 is 2.29 bits per heavy atom. The molecular weight excluding hydrogens is 433 g/mol. The van der Waals surface area contributed by atoms with Gasteiger partial charge in [0.15, 0.2) is 0 Å². The molecule has 0 aliphatic carbocycles. The van der Waals surface area contributed by atoms with Crippen molar-refractivity contribution < 1.29 is 9.18 Å². The normalized spacial score (nSPS) is 16.8. The maximum absolute atomic E-state index is 13.3. The van der Waals surface area contributed by atoms with Crippen molar-refractivity contribution in [1.82, 2.24) is 14.5 Å². The van der Waals surface area contributed by atoms with Gasteiger partial charge in [0.2, 0.25) is 11.9 Å². The third-order valence-corrected chi connectivity index (χ3v) is 6.85. The van der Waals surface area contributed by atoms with Crippen molar-refractivity contribution >= 4 is 28.4 Å². The minimum Gasteiger partial charge on any atom is -0.368 e. The molecule has 178 valence electrons. The maximum atomic E-state index is 13.3. The number of aromatic nitrogens is 2. The molecule has 2 aromatic carbocycles. The fraction of sp³-hybridized carbons (Fsp3) is 0.423. The number of amides is 1. The van der Waals surface area contributed by atoms with Crippen LogP contribution in [0.3, 0.4) is 0 Å². The highest BCUT2D eigenvalue weighted by atomic mass is 19.1. The summed E-state index contributed by atoms with van der Waals surface area (Å²) < 4.78 is 14.9. The highest BCUT2D eigenvalue weighted by Crippen LogP contribution is 2.21. The molecule has 2 fully saturated rings. The van der Waals surface area contributed by atoms with Gasteiger partial charge in [0, 0.05) is 57.9 Å². The topological polar surface area (TPSA) is 61.7 Å². The van der Waals surface area contributed by atoms with Gasteiger partial charge in [0.1, 0.15) is 5.82 Å².